The lowest BCUT2D eigenvalue weighted by atomic mass is 10.4. The first-order valence-corrected chi connectivity index (χ1v) is 5.59. The lowest BCUT2D eigenvalue weighted by molar-refractivity contribution is 0.0922. The standard InChI is InChI=1S/C9H11BrClNO3/c1-14-5-6(10)4-12-9(13)7-2-3-8(11)15-7/h2-3,6H,4-5H2,1H3,(H,12,13). The second kappa shape index (κ2) is 6.15. The summed E-state index contributed by atoms with van der Waals surface area (Å²) in [7, 11) is 1.60. The van der Waals surface area contributed by atoms with E-state index >= 15 is 0 Å². The summed E-state index contributed by atoms with van der Waals surface area (Å²) in [6.45, 7) is 0.990. The van der Waals surface area contributed by atoms with Gasteiger partial charge >= 0.3 is 0 Å². The first kappa shape index (κ1) is 12.5. The average molecular weight is 297 g/mol. The van der Waals surface area contributed by atoms with Crippen molar-refractivity contribution in [3.63, 3.8) is 0 Å². The number of hydrogen-bond acceptors (Lipinski definition) is 3. The van der Waals surface area contributed by atoms with E-state index in [-0.39, 0.29) is 21.7 Å². The summed E-state index contributed by atoms with van der Waals surface area (Å²) in [6.07, 6.45) is 0. The van der Waals surface area contributed by atoms with E-state index in [1.165, 1.54) is 12.1 Å². The molecule has 0 saturated carbocycles. The van der Waals surface area contributed by atoms with Crippen molar-refractivity contribution in [1.82, 2.24) is 5.32 Å². The number of ether oxygens (including phenoxy) is 1. The van der Waals surface area contributed by atoms with E-state index in [1.807, 2.05) is 0 Å². The Hall–Kier alpha value is -0.520. The number of carbonyl (C=O) groups excluding carboxylic acids is 1. The first-order valence-electron chi connectivity index (χ1n) is 4.30. The molecule has 4 nitrogen and oxygen atoms in total. The molecule has 1 unspecified atom stereocenters. The van der Waals surface area contributed by atoms with Crippen LogP contribution in [0.2, 0.25) is 5.22 Å². The van der Waals surface area contributed by atoms with Crippen LogP contribution in [0, 0.1) is 0 Å². The third kappa shape index (κ3) is 4.24. The third-order valence-corrected chi connectivity index (χ3v) is 2.42. The SMILES string of the molecule is COCC(Br)CNC(=O)c1ccc(Cl)o1. The molecule has 1 atom stereocenters. The zero-order valence-corrected chi connectivity index (χ0v) is 10.5. The molecule has 1 aromatic heterocycles. The quantitative estimate of drug-likeness (QED) is 0.846. The molecule has 0 aliphatic heterocycles. The Morgan fingerprint density at radius 2 is 2.47 bits per heavy atom. The summed E-state index contributed by atoms with van der Waals surface area (Å²) in [5.41, 5.74) is 0. The molecule has 0 radical (unpaired) electrons. The number of halogens is 2. The Morgan fingerprint density at radius 3 is 3.00 bits per heavy atom. The van der Waals surface area contributed by atoms with Crippen molar-refractivity contribution in [3.05, 3.63) is 23.1 Å². The number of carbonyl (C=O) groups is 1. The molecule has 0 saturated heterocycles. The van der Waals surface area contributed by atoms with Gasteiger partial charge in [0, 0.05) is 13.7 Å². The highest BCUT2D eigenvalue weighted by molar-refractivity contribution is 9.09. The topological polar surface area (TPSA) is 51.5 Å². The summed E-state index contributed by atoms with van der Waals surface area (Å²) in [4.78, 5) is 11.5. The monoisotopic (exact) mass is 295 g/mol. The van der Waals surface area contributed by atoms with Gasteiger partial charge in [0.05, 0.1) is 11.4 Å². The molecule has 84 valence electrons. The molecular weight excluding hydrogens is 285 g/mol. The van der Waals surface area contributed by atoms with Gasteiger partial charge in [-0.15, -0.1) is 0 Å². The first-order chi connectivity index (χ1) is 7.13. The molecule has 6 heteroatoms. The molecule has 1 N–H and O–H groups in total. The maximum Gasteiger partial charge on any atom is 0.287 e. The van der Waals surface area contributed by atoms with Gasteiger partial charge < -0.3 is 14.5 Å². The highest BCUT2D eigenvalue weighted by atomic mass is 79.9. The lowest BCUT2D eigenvalue weighted by Crippen LogP contribution is -2.31. The Labute approximate surface area is 101 Å². The van der Waals surface area contributed by atoms with Crippen LogP contribution in [0.5, 0.6) is 0 Å². The van der Waals surface area contributed by atoms with E-state index in [9.17, 15) is 4.79 Å². The second-order valence-electron chi connectivity index (χ2n) is 2.87. The lowest BCUT2D eigenvalue weighted by Gasteiger charge is -2.08. The minimum absolute atomic E-state index is 0.0804. The molecule has 0 aromatic carbocycles. The van der Waals surface area contributed by atoms with Crippen LogP contribution in [0.25, 0.3) is 0 Å². The van der Waals surface area contributed by atoms with Crippen LogP contribution in [-0.4, -0.2) is 31.0 Å². The van der Waals surface area contributed by atoms with Crippen molar-refractivity contribution in [2.45, 2.75) is 4.83 Å². The summed E-state index contributed by atoms with van der Waals surface area (Å²) in [6, 6.07) is 3.05. The molecule has 0 bridgehead atoms. The minimum atomic E-state index is -0.289. The summed E-state index contributed by atoms with van der Waals surface area (Å²) in [5, 5.41) is 2.88. The second-order valence-corrected chi connectivity index (χ2v) is 4.53. The number of methoxy groups -OCH3 is 1. The van der Waals surface area contributed by atoms with E-state index in [0.717, 1.165) is 0 Å². The van der Waals surface area contributed by atoms with Gasteiger partial charge in [-0.3, -0.25) is 4.79 Å². The van der Waals surface area contributed by atoms with Crippen LogP contribution in [0.1, 0.15) is 10.6 Å². The summed E-state index contributed by atoms with van der Waals surface area (Å²) >= 11 is 8.89. The van der Waals surface area contributed by atoms with Gasteiger partial charge in [-0.25, -0.2) is 0 Å². The third-order valence-electron chi connectivity index (χ3n) is 1.63. The van der Waals surface area contributed by atoms with Crippen LogP contribution in [0.4, 0.5) is 0 Å². The smallest absolute Gasteiger partial charge is 0.287 e. The fourth-order valence-electron chi connectivity index (χ4n) is 0.967. The van der Waals surface area contributed by atoms with Gasteiger partial charge in [-0.1, -0.05) is 15.9 Å². The van der Waals surface area contributed by atoms with Gasteiger partial charge in [-0.05, 0) is 23.7 Å². The maximum absolute atomic E-state index is 11.4. The maximum atomic E-state index is 11.4. The fourth-order valence-corrected chi connectivity index (χ4v) is 1.54. The molecule has 0 fully saturated rings. The Morgan fingerprint density at radius 1 is 1.73 bits per heavy atom. The van der Waals surface area contributed by atoms with Crippen LogP contribution >= 0.6 is 27.5 Å². The van der Waals surface area contributed by atoms with Crippen LogP contribution < -0.4 is 5.32 Å². The van der Waals surface area contributed by atoms with Gasteiger partial charge in [0.1, 0.15) is 0 Å². The number of alkyl halides is 1. The van der Waals surface area contributed by atoms with Gasteiger partial charge in [0.2, 0.25) is 0 Å². The molecule has 1 heterocycles. The number of amides is 1. The van der Waals surface area contributed by atoms with Crippen LogP contribution in [0.15, 0.2) is 16.5 Å². The van der Waals surface area contributed by atoms with Crippen molar-refractivity contribution >= 4 is 33.4 Å². The summed E-state index contributed by atoms with van der Waals surface area (Å²) < 4.78 is 9.85. The van der Waals surface area contributed by atoms with Crippen LogP contribution in [-0.2, 0) is 4.74 Å². The van der Waals surface area contributed by atoms with Crippen molar-refractivity contribution in [2.24, 2.45) is 0 Å². The van der Waals surface area contributed by atoms with E-state index in [2.05, 4.69) is 21.2 Å². The highest BCUT2D eigenvalue weighted by Gasteiger charge is 2.11. The predicted octanol–water partition coefficient (Wildman–Crippen LogP) is 2.07. The van der Waals surface area contributed by atoms with Crippen molar-refractivity contribution in [1.29, 1.82) is 0 Å². The number of rotatable bonds is 5. The van der Waals surface area contributed by atoms with E-state index in [1.54, 1.807) is 7.11 Å². The molecule has 0 spiro atoms. The number of hydrogen-bond donors (Lipinski definition) is 1. The number of nitrogens with one attached hydrogen (secondary N) is 1. The predicted molar refractivity (Wildman–Crippen MR) is 60.6 cm³/mol. The molecule has 0 aliphatic carbocycles. The zero-order valence-electron chi connectivity index (χ0n) is 8.13. The molecular formula is C9H11BrClNO3. The Balaban J connectivity index is 2.36. The van der Waals surface area contributed by atoms with Crippen molar-refractivity contribution < 1.29 is 13.9 Å². The largest absolute Gasteiger partial charge is 0.440 e. The molecule has 0 aliphatic rings. The molecule has 1 amide bonds. The fraction of sp³-hybridized carbons (Fsp3) is 0.444. The Kier molecular flexibility index (Phi) is 5.14. The van der Waals surface area contributed by atoms with Gasteiger partial charge in [0.25, 0.3) is 5.91 Å². The molecule has 1 rings (SSSR count). The normalized spacial score (nSPS) is 12.5. The minimum Gasteiger partial charge on any atom is -0.440 e. The van der Waals surface area contributed by atoms with Crippen molar-refractivity contribution in [3.8, 4) is 0 Å². The van der Waals surface area contributed by atoms with Crippen LogP contribution in [0.3, 0.4) is 0 Å². The number of furan rings is 1. The molecule has 15 heavy (non-hydrogen) atoms. The Bertz CT molecular complexity index is 329. The van der Waals surface area contributed by atoms with E-state index in [0.29, 0.717) is 13.2 Å². The zero-order chi connectivity index (χ0) is 11.3. The van der Waals surface area contributed by atoms with E-state index in [4.69, 9.17) is 20.8 Å². The van der Waals surface area contributed by atoms with Gasteiger partial charge in [-0.2, -0.15) is 0 Å². The molecule has 1 aromatic rings. The highest BCUT2D eigenvalue weighted by Crippen LogP contribution is 2.12. The average Bonchev–Trinajstić information content (AvgIpc) is 2.62. The van der Waals surface area contributed by atoms with E-state index < -0.39 is 0 Å². The van der Waals surface area contributed by atoms with Gasteiger partial charge in [0.15, 0.2) is 11.0 Å². The summed E-state index contributed by atoms with van der Waals surface area (Å²) in [5.74, 6) is -0.0837. The van der Waals surface area contributed by atoms with Crippen molar-refractivity contribution in [2.75, 3.05) is 20.3 Å².